The number of benzene rings is 1. The van der Waals surface area contributed by atoms with Crippen LogP contribution in [0.15, 0.2) is 28.6 Å². The number of fused-ring (bicyclic) bond motifs is 1. The van der Waals surface area contributed by atoms with Crippen LogP contribution in [-0.2, 0) is 16.1 Å². The highest BCUT2D eigenvalue weighted by Gasteiger charge is 2.18. The van der Waals surface area contributed by atoms with E-state index in [2.05, 4.69) is 20.6 Å². The van der Waals surface area contributed by atoms with Gasteiger partial charge in [0.1, 0.15) is 12.6 Å². The van der Waals surface area contributed by atoms with E-state index in [9.17, 15) is 14.4 Å². The number of hydrogen-bond donors (Lipinski definition) is 2. The second-order valence-corrected chi connectivity index (χ2v) is 7.33. The summed E-state index contributed by atoms with van der Waals surface area (Å²) in [5, 5.41) is 7.75. The van der Waals surface area contributed by atoms with Gasteiger partial charge in [0, 0.05) is 11.4 Å². The Bertz CT molecular complexity index is 1160. The van der Waals surface area contributed by atoms with Crippen LogP contribution in [0.1, 0.15) is 12.6 Å². The van der Waals surface area contributed by atoms with E-state index < -0.39 is 23.4 Å². The second-order valence-electron chi connectivity index (χ2n) is 6.47. The van der Waals surface area contributed by atoms with Crippen LogP contribution in [0.4, 0.5) is 5.13 Å². The third-order valence-corrected chi connectivity index (χ3v) is 5.14. The number of aromatic nitrogens is 3. The van der Waals surface area contributed by atoms with Crippen molar-refractivity contribution in [1.82, 2.24) is 19.9 Å². The van der Waals surface area contributed by atoms with Gasteiger partial charge in [-0.15, -0.1) is 11.3 Å². The van der Waals surface area contributed by atoms with Crippen molar-refractivity contribution in [2.24, 2.45) is 0 Å². The van der Waals surface area contributed by atoms with Crippen molar-refractivity contribution in [1.29, 1.82) is 0 Å². The van der Waals surface area contributed by atoms with Gasteiger partial charge in [-0.2, -0.15) is 0 Å². The molecule has 10 nitrogen and oxygen atoms in total. The predicted octanol–water partition coefficient (Wildman–Crippen LogP) is 1.32. The molecule has 0 aliphatic rings. The minimum absolute atomic E-state index is 0.285. The van der Waals surface area contributed by atoms with Crippen molar-refractivity contribution in [2.45, 2.75) is 26.4 Å². The fraction of sp³-hybridized carbons (Fsp3) is 0.316. The molecule has 11 heteroatoms. The lowest BCUT2D eigenvalue weighted by atomic mass is 10.2. The van der Waals surface area contributed by atoms with Crippen LogP contribution in [0.2, 0.25) is 0 Å². The maximum atomic E-state index is 12.8. The lowest BCUT2D eigenvalue weighted by Gasteiger charge is -2.14. The van der Waals surface area contributed by atoms with Crippen molar-refractivity contribution >= 4 is 39.2 Å². The van der Waals surface area contributed by atoms with Gasteiger partial charge in [-0.3, -0.25) is 19.0 Å². The van der Waals surface area contributed by atoms with Gasteiger partial charge in [0.2, 0.25) is 11.8 Å². The first-order valence-electron chi connectivity index (χ1n) is 8.96. The van der Waals surface area contributed by atoms with E-state index in [0.29, 0.717) is 22.1 Å². The number of amides is 2. The molecule has 0 fully saturated rings. The molecule has 2 N–H and O–H groups in total. The number of anilines is 1. The largest absolute Gasteiger partial charge is 0.493 e. The van der Waals surface area contributed by atoms with Crippen LogP contribution >= 0.6 is 11.3 Å². The molecule has 2 aromatic heterocycles. The van der Waals surface area contributed by atoms with Gasteiger partial charge in [0.05, 0.1) is 37.1 Å². The quantitative estimate of drug-likeness (QED) is 0.578. The number of methoxy groups -OCH3 is 2. The van der Waals surface area contributed by atoms with Crippen molar-refractivity contribution in [3.05, 3.63) is 39.9 Å². The summed E-state index contributed by atoms with van der Waals surface area (Å²) in [7, 11) is 2.95. The number of nitrogens with one attached hydrogen (secondary N) is 2. The highest BCUT2D eigenvalue weighted by molar-refractivity contribution is 7.13. The molecule has 0 aliphatic heterocycles. The zero-order chi connectivity index (χ0) is 21.8. The molecule has 2 heterocycles. The van der Waals surface area contributed by atoms with Gasteiger partial charge in [-0.1, -0.05) is 0 Å². The van der Waals surface area contributed by atoms with Crippen LogP contribution in [0, 0.1) is 6.92 Å². The number of carbonyl (C=O) groups excluding carboxylic acids is 2. The van der Waals surface area contributed by atoms with Gasteiger partial charge in [0.15, 0.2) is 16.6 Å². The number of thiazole rings is 1. The average molecular weight is 431 g/mol. The summed E-state index contributed by atoms with van der Waals surface area (Å²) in [5.41, 5.74) is 0.802. The third-order valence-electron chi connectivity index (χ3n) is 4.26. The Balaban J connectivity index is 1.72. The Kier molecular flexibility index (Phi) is 6.31. The molecule has 30 heavy (non-hydrogen) atoms. The zero-order valence-electron chi connectivity index (χ0n) is 16.9. The van der Waals surface area contributed by atoms with E-state index >= 15 is 0 Å². The minimum atomic E-state index is -0.810. The first kappa shape index (κ1) is 21.2. The summed E-state index contributed by atoms with van der Waals surface area (Å²) in [4.78, 5) is 45.7. The predicted molar refractivity (Wildman–Crippen MR) is 112 cm³/mol. The number of nitrogens with zero attached hydrogens (tertiary/aromatic N) is 3. The van der Waals surface area contributed by atoms with Crippen LogP contribution in [0.5, 0.6) is 11.5 Å². The summed E-state index contributed by atoms with van der Waals surface area (Å²) in [6.07, 6.45) is 1.28. The van der Waals surface area contributed by atoms with E-state index in [0.717, 1.165) is 5.69 Å². The minimum Gasteiger partial charge on any atom is -0.493 e. The summed E-state index contributed by atoms with van der Waals surface area (Å²) in [6.45, 7) is 3.08. The summed E-state index contributed by atoms with van der Waals surface area (Å²) >= 11 is 1.30. The van der Waals surface area contributed by atoms with Crippen molar-refractivity contribution in [2.75, 3.05) is 19.5 Å². The standard InChI is InChI=1S/C19H21N5O5S/c1-10-8-30-19(21-10)23-17(26)11(2)22-16(25)7-24-9-20-13-6-15(29-4)14(28-3)5-12(13)18(24)27/h5-6,8-9,11H,7H2,1-4H3,(H,22,25)(H,21,23,26)/t11-/m1/s1. The SMILES string of the molecule is COc1cc2ncn(CC(=O)N[C@H](C)C(=O)Nc3nc(C)cs3)c(=O)c2cc1OC. The van der Waals surface area contributed by atoms with Crippen LogP contribution < -0.4 is 25.7 Å². The van der Waals surface area contributed by atoms with Gasteiger partial charge < -0.3 is 20.1 Å². The molecular weight excluding hydrogens is 410 g/mol. The average Bonchev–Trinajstić information content (AvgIpc) is 3.13. The molecule has 3 rings (SSSR count). The fourth-order valence-corrected chi connectivity index (χ4v) is 3.42. The summed E-state index contributed by atoms with van der Waals surface area (Å²) in [6, 6.07) is 2.30. The molecular formula is C19H21N5O5S. The Hall–Kier alpha value is -3.47. The van der Waals surface area contributed by atoms with Gasteiger partial charge in [0.25, 0.3) is 5.56 Å². The number of rotatable bonds is 7. The van der Waals surface area contributed by atoms with E-state index in [4.69, 9.17) is 9.47 Å². The molecule has 0 aliphatic carbocycles. The summed E-state index contributed by atoms with van der Waals surface area (Å²) in [5.74, 6) is -0.0771. The lowest BCUT2D eigenvalue weighted by molar-refractivity contribution is -0.126. The fourth-order valence-electron chi connectivity index (χ4n) is 2.73. The molecule has 158 valence electrons. The molecule has 1 atom stereocenters. The highest BCUT2D eigenvalue weighted by Crippen LogP contribution is 2.29. The van der Waals surface area contributed by atoms with Crippen molar-refractivity contribution < 1.29 is 19.1 Å². The zero-order valence-corrected chi connectivity index (χ0v) is 17.7. The lowest BCUT2D eigenvalue weighted by Crippen LogP contribution is -2.43. The Morgan fingerprint density at radius 2 is 1.93 bits per heavy atom. The van der Waals surface area contributed by atoms with Crippen molar-refractivity contribution in [3.63, 3.8) is 0 Å². The number of hydrogen-bond acceptors (Lipinski definition) is 8. The Labute approximate surface area is 175 Å². The van der Waals surface area contributed by atoms with Gasteiger partial charge in [-0.05, 0) is 19.9 Å². The number of carbonyl (C=O) groups is 2. The van der Waals surface area contributed by atoms with Crippen LogP contribution in [0.3, 0.4) is 0 Å². The molecule has 0 unspecified atom stereocenters. The molecule has 0 bridgehead atoms. The Morgan fingerprint density at radius 1 is 1.23 bits per heavy atom. The molecule has 0 spiro atoms. The van der Waals surface area contributed by atoms with Gasteiger partial charge in [-0.25, -0.2) is 9.97 Å². The van der Waals surface area contributed by atoms with Gasteiger partial charge >= 0.3 is 0 Å². The normalized spacial score (nSPS) is 11.7. The number of ether oxygens (including phenoxy) is 2. The maximum Gasteiger partial charge on any atom is 0.261 e. The van der Waals surface area contributed by atoms with E-state index in [1.807, 2.05) is 12.3 Å². The molecule has 0 saturated carbocycles. The second kappa shape index (κ2) is 8.91. The highest BCUT2D eigenvalue weighted by atomic mass is 32.1. The van der Waals surface area contributed by atoms with E-state index in [1.54, 1.807) is 13.0 Å². The molecule has 2 amide bonds. The van der Waals surface area contributed by atoms with Crippen molar-refractivity contribution in [3.8, 4) is 11.5 Å². The smallest absolute Gasteiger partial charge is 0.261 e. The third kappa shape index (κ3) is 4.57. The Morgan fingerprint density at radius 3 is 2.57 bits per heavy atom. The molecule has 1 aromatic carbocycles. The van der Waals surface area contributed by atoms with Crippen LogP contribution in [-0.4, -0.2) is 46.6 Å². The van der Waals surface area contributed by atoms with Crippen LogP contribution in [0.25, 0.3) is 10.9 Å². The molecule has 0 radical (unpaired) electrons. The molecule has 3 aromatic rings. The topological polar surface area (TPSA) is 124 Å². The summed E-state index contributed by atoms with van der Waals surface area (Å²) < 4.78 is 11.6. The van der Waals surface area contributed by atoms with E-state index in [-0.39, 0.29) is 11.9 Å². The monoisotopic (exact) mass is 431 g/mol. The number of aryl methyl sites for hydroxylation is 1. The molecule has 0 saturated heterocycles. The first-order valence-corrected chi connectivity index (χ1v) is 9.84. The van der Waals surface area contributed by atoms with E-state index in [1.165, 1.54) is 42.5 Å². The first-order chi connectivity index (χ1) is 14.3. The maximum absolute atomic E-state index is 12.8.